The molecule has 6 rings (SSSR count). The molecule has 2 aliphatic rings. The summed E-state index contributed by atoms with van der Waals surface area (Å²) in [5.74, 6) is 0.906. The molecule has 14 nitrogen and oxygen atoms in total. The molecule has 4 N–H and O–H groups in total. The van der Waals surface area contributed by atoms with E-state index in [1.807, 2.05) is 45.0 Å². The van der Waals surface area contributed by atoms with E-state index in [0.717, 1.165) is 70.0 Å². The first-order chi connectivity index (χ1) is 25.5. The number of methoxy groups -OCH3 is 1. The number of nitrogens with zero attached hydrogens (tertiary/aromatic N) is 5. The molecule has 53 heavy (non-hydrogen) atoms. The maximum atomic E-state index is 13.6. The number of nitrogens with one attached hydrogen (secondary N) is 3. The Kier molecular flexibility index (Phi) is 11.2. The lowest BCUT2D eigenvalue weighted by Crippen LogP contribution is -2.51. The maximum absolute atomic E-state index is 13.6. The third-order valence-electron chi connectivity index (χ3n) is 10.4. The number of hydrogen-bond donors (Lipinski definition) is 4. The summed E-state index contributed by atoms with van der Waals surface area (Å²) in [4.78, 5) is 71.2. The number of rotatable bonds is 11. The molecule has 0 radical (unpaired) electrons. The number of H-pyrrole nitrogens is 2. The van der Waals surface area contributed by atoms with Gasteiger partial charge in [-0.3, -0.25) is 14.5 Å². The zero-order valence-electron chi connectivity index (χ0n) is 30.8. The lowest BCUT2D eigenvalue weighted by atomic mass is 10.0. The minimum absolute atomic E-state index is 0.142. The number of amides is 4. The van der Waals surface area contributed by atoms with Crippen molar-refractivity contribution in [1.82, 2.24) is 40.0 Å². The van der Waals surface area contributed by atoms with E-state index in [0.29, 0.717) is 25.3 Å². The van der Waals surface area contributed by atoms with E-state index in [2.05, 4.69) is 49.5 Å². The average molecular weight is 725 g/mol. The van der Waals surface area contributed by atoms with Crippen molar-refractivity contribution in [3.8, 4) is 33.6 Å². The number of carbonyl (C=O) groups is 4. The van der Waals surface area contributed by atoms with Gasteiger partial charge in [-0.1, -0.05) is 69.3 Å². The number of imidazole rings is 2. The lowest BCUT2D eigenvalue weighted by Gasteiger charge is -2.33. The highest BCUT2D eigenvalue weighted by molar-refractivity contribution is 5.87. The van der Waals surface area contributed by atoms with E-state index in [4.69, 9.17) is 4.74 Å². The van der Waals surface area contributed by atoms with Crippen LogP contribution in [-0.4, -0.2) is 103 Å². The highest BCUT2D eigenvalue weighted by Crippen LogP contribution is 2.35. The Morgan fingerprint density at radius 3 is 1.70 bits per heavy atom. The Morgan fingerprint density at radius 2 is 1.28 bits per heavy atom. The summed E-state index contributed by atoms with van der Waals surface area (Å²) in [7, 11) is 2.73. The van der Waals surface area contributed by atoms with Crippen molar-refractivity contribution in [2.45, 2.75) is 77.0 Å². The second kappa shape index (κ2) is 15.9. The summed E-state index contributed by atoms with van der Waals surface area (Å²) in [6.07, 6.45) is 5.49. The number of likely N-dealkylation sites (N-methyl/N-ethyl adjacent to an activating group) is 1. The molecule has 2 aromatic heterocycles. The standard InChI is InChI=1S/C39H48N8O6/c1-6-28(44-38(50)53-5)36(48)46-19-7-9-31(46)34-40-21-29(42-34)26-15-11-24(12-16-26)25-13-17-27(18-14-25)30-22-41-35(43-30)32-10-8-20-47(32)37(49)33(23(2)3)45(4)39(51)52/h11-18,21-23,28,31-33H,6-10,19-20H2,1-5H3,(H,40,42)(H,41,43)(H,44,50)(H,51,52)/t28-,31?,32-,33-/m0/s1. The predicted molar refractivity (Wildman–Crippen MR) is 198 cm³/mol. The third kappa shape index (κ3) is 7.76. The molecule has 14 heteroatoms. The van der Waals surface area contributed by atoms with Crippen LogP contribution in [0.15, 0.2) is 60.9 Å². The number of carbonyl (C=O) groups excluding carboxylic acids is 3. The van der Waals surface area contributed by atoms with Crippen LogP contribution in [0.2, 0.25) is 0 Å². The topological polar surface area (TPSA) is 177 Å². The second-order valence-electron chi connectivity index (χ2n) is 14.1. The summed E-state index contributed by atoms with van der Waals surface area (Å²) in [6.45, 7) is 6.73. The van der Waals surface area contributed by atoms with Crippen molar-refractivity contribution in [1.29, 1.82) is 0 Å². The summed E-state index contributed by atoms with van der Waals surface area (Å²) in [5.41, 5.74) is 5.72. The van der Waals surface area contributed by atoms with Crippen molar-refractivity contribution in [3.05, 3.63) is 72.6 Å². The van der Waals surface area contributed by atoms with Gasteiger partial charge >= 0.3 is 12.2 Å². The molecule has 1 unspecified atom stereocenters. The van der Waals surface area contributed by atoms with Crippen molar-refractivity contribution in [2.24, 2.45) is 5.92 Å². The third-order valence-corrected chi connectivity index (χ3v) is 10.4. The van der Waals surface area contributed by atoms with Gasteiger partial charge in [-0.05, 0) is 60.3 Å². The molecular weight excluding hydrogens is 676 g/mol. The first-order valence-electron chi connectivity index (χ1n) is 18.2. The van der Waals surface area contributed by atoms with Gasteiger partial charge in [0.2, 0.25) is 11.8 Å². The Hall–Kier alpha value is -5.66. The van der Waals surface area contributed by atoms with Gasteiger partial charge in [0.1, 0.15) is 23.7 Å². The van der Waals surface area contributed by atoms with Crippen LogP contribution in [0.3, 0.4) is 0 Å². The van der Waals surface area contributed by atoms with E-state index >= 15 is 0 Å². The molecule has 4 heterocycles. The summed E-state index contributed by atoms with van der Waals surface area (Å²) in [5, 5.41) is 12.2. The zero-order valence-corrected chi connectivity index (χ0v) is 30.8. The molecular formula is C39H48N8O6. The number of likely N-dealkylation sites (tertiary alicyclic amines) is 2. The molecule has 2 fully saturated rings. The minimum Gasteiger partial charge on any atom is -0.465 e. The Labute approximate surface area is 308 Å². The van der Waals surface area contributed by atoms with Crippen LogP contribution in [0.25, 0.3) is 33.6 Å². The van der Waals surface area contributed by atoms with Gasteiger partial charge in [-0.15, -0.1) is 0 Å². The average Bonchev–Trinajstić information content (AvgIpc) is 4.00. The number of aromatic nitrogens is 4. The molecule has 4 aromatic rings. The smallest absolute Gasteiger partial charge is 0.407 e. The van der Waals surface area contributed by atoms with Gasteiger partial charge in [0, 0.05) is 20.1 Å². The predicted octanol–water partition coefficient (Wildman–Crippen LogP) is 6.23. The molecule has 4 amide bonds. The molecule has 0 spiro atoms. The summed E-state index contributed by atoms with van der Waals surface area (Å²) < 4.78 is 4.70. The van der Waals surface area contributed by atoms with Gasteiger partial charge in [0.25, 0.3) is 0 Å². The number of ether oxygens (including phenoxy) is 1. The van der Waals surface area contributed by atoms with E-state index in [1.54, 1.807) is 22.2 Å². The van der Waals surface area contributed by atoms with Crippen molar-refractivity contribution in [3.63, 3.8) is 0 Å². The fourth-order valence-corrected chi connectivity index (χ4v) is 7.55. The van der Waals surface area contributed by atoms with E-state index < -0.39 is 24.3 Å². The normalized spacial score (nSPS) is 18.2. The highest BCUT2D eigenvalue weighted by atomic mass is 16.5. The maximum Gasteiger partial charge on any atom is 0.407 e. The largest absolute Gasteiger partial charge is 0.465 e. The minimum atomic E-state index is -1.12. The van der Waals surface area contributed by atoms with Gasteiger partial charge in [-0.2, -0.15) is 0 Å². The number of aromatic amines is 2. The lowest BCUT2D eigenvalue weighted by molar-refractivity contribution is -0.138. The molecule has 0 saturated carbocycles. The summed E-state index contributed by atoms with van der Waals surface area (Å²) in [6, 6.07) is 14.5. The fourth-order valence-electron chi connectivity index (χ4n) is 7.55. The van der Waals surface area contributed by atoms with Crippen LogP contribution in [-0.2, 0) is 14.3 Å². The van der Waals surface area contributed by atoms with Crippen LogP contribution < -0.4 is 5.32 Å². The van der Waals surface area contributed by atoms with Crippen molar-refractivity contribution >= 4 is 24.0 Å². The first kappa shape index (κ1) is 37.1. The molecule has 280 valence electrons. The molecule has 0 bridgehead atoms. The Bertz CT molecular complexity index is 1920. The fraction of sp³-hybridized carbons (Fsp3) is 0.436. The van der Waals surface area contributed by atoms with Crippen molar-refractivity contribution in [2.75, 3.05) is 27.2 Å². The van der Waals surface area contributed by atoms with E-state index in [1.165, 1.54) is 14.2 Å². The molecule has 2 saturated heterocycles. The van der Waals surface area contributed by atoms with Crippen LogP contribution in [0.5, 0.6) is 0 Å². The van der Waals surface area contributed by atoms with E-state index in [-0.39, 0.29) is 29.8 Å². The van der Waals surface area contributed by atoms with E-state index in [9.17, 15) is 24.3 Å². The van der Waals surface area contributed by atoms with Gasteiger partial charge < -0.3 is 34.9 Å². The van der Waals surface area contributed by atoms with Crippen LogP contribution >= 0.6 is 0 Å². The molecule has 4 atom stereocenters. The summed E-state index contributed by atoms with van der Waals surface area (Å²) >= 11 is 0. The highest BCUT2D eigenvalue weighted by Gasteiger charge is 2.40. The van der Waals surface area contributed by atoms with Gasteiger partial charge in [0.05, 0.1) is 43.0 Å². The number of alkyl carbamates (subject to hydrolysis) is 1. The Balaban J connectivity index is 1.11. The number of hydrogen-bond acceptors (Lipinski definition) is 7. The second-order valence-corrected chi connectivity index (χ2v) is 14.1. The molecule has 2 aliphatic heterocycles. The Morgan fingerprint density at radius 1 is 0.830 bits per heavy atom. The van der Waals surface area contributed by atoms with Gasteiger partial charge in [0.15, 0.2) is 0 Å². The van der Waals surface area contributed by atoms with Gasteiger partial charge in [-0.25, -0.2) is 19.6 Å². The molecule has 0 aliphatic carbocycles. The first-order valence-corrected chi connectivity index (χ1v) is 18.2. The SMILES string of the molecule is CC[C@H](NC(=O)OC)C(=O)N1CCCC1c1ncc(-c2ccc(-c3ccc(-c4cnc([C@@H]5CCCN5C(=O)[C@H](C(C)C)N(C)C(=O)O)[nH]4)cc3)cc2)[nH]1. The quantitative estimate of drug-likeness (QED) is 0.141. The van der Waals surface area contributed by atoms with Crippen LogP contribution in [0.4, 0.5) is 9.59 Å². The zero-order chi connectivity index (χ0) is 37.8. The van der Waals surface area contributed by atoms with Crippen molar-refractivity contribution < 1.29 is 29.0 Å². The molecule has 2 aromatic carbocycles. The van der Waals surface area contributed by atoms with Crippen LogP contribution in [0, 0.1) is 5.92 Å². The number of benzene rings is 2. The monoisotopic (exact) mass is 724 g/mol. The number of carboxylic acid groups (broad SMARTS) is 1. The van der Waals surface area contributed by atoms with Crippen LogP contribution in [0.1, 0.15) is 76.6 Å².